The second-order valence-corrected chi connectivity index (χ2v) is 6.74. The average Bonchev–Trinajstić information content (AvgIpc) is 3.11. The maximum absolute atomic E-state index is 10.9. The Kier molecular flexibility index (Phi) is 6.47. The van der Waals surface area contributed by atoms with Gasteiger partial charge in [-0.2, -0.15) is 0 Å². The van der Waals surface area contributed by atoms with Crippen LogP contribution in [0.2, 0.25) is 0 Å². The number of primary amides is 1. The number of amides is 1. The largest absolute Gasteiger partial charge is 0.503 e. The number of benzene rings is 2. The molecule has 0 atom stereocenters. The summed E-state index contributed by atoms with van der Waals surface area (Å²) >= 11 is 0. The van der Waals surface area contributed by atoms with E-state index in [-0.39, 0.29) is 6.61 Å². The lowest BCUT2D eigenvalue weighted by Gasteiger charge is -2.21. The smallest absolute Gasteiger partial charge is 0.283 e. The maximum Gasteiger partial charge on any atom is 0.283 e. The van der Waals surface area contributed by atoms with Crippen LogP contribution in [0, 0.1) is 0 Å². The predicted molar refractivity (Wildman–Crippen MR) is 111 cm³/mol. The van der Waals surface area contributed by atoms with Crippen molar-refractivity contribution in [2.45, 2.75) is 13.0 Å². The number of aromatic nitrogens is 1. The van der Waals surface area contributed by atoms with E-state index in [0.717, 1.165) is 24.0 Å². The third kappa shape index (κ3) is 5.00. The molecular formula is C22H25N3O3. The third-order valence-corrected chi connectivity index (χ3v) is 4.73. The van der Waals surface area contributed by atoms with E-state index in [4.69, 9.17) is 5.73 Å². The van der Waals surface area contributed by atoms with Crippen molar-refractivity contribution in [2.24, 2.45) is 5.73 Å². The minimum absolute atomic E-state index is 0.0984. The molecule has 1 amide bonds. The molecule has 5 N–H and O–H groups in total. The number of hydrogen-bond donors (Lipinski definition) is 4. The summed E-state index contributed by atoms with van der Waals surface area (Å²) in [5.74, 6) is -1.32. The van der Waals surface area contributed by atoms with E-state index in [0.29, 0.717) is 18.7 Å². The lowest BCUT2D eigenvalue weighted by atomic mass is 10.1. The molecule has 0 spiro atoms. The summed E-state index contributed by atoms with van der Waals surface area (Å²) in [5.41, 5.74) is 9.22. The van der Waals surface area contributed by atoms with Gasteiger partial charge in [0.1, 0.15) is 0 Å². The first-order valence-electron chi connectivity index (χ1n) is 9.24. The Hall–Kier alpha value is -3.09. The van der Waals surface area contributed by atoms with E-state index in [1.54, 1.807) is 0 Å². The van der Waals surface area contributed by atoms with Gasteiger partial charge in [-0.3, -0.25) is 9.69 Å². The van der Waals surface area contributed by atoms with Gasteiger partial charge in [-0.1, -0.05) is 42.5 Å². The highest BCUT2D eigenvalue weighted by Gasteiger charge is 2.09. The molecule has 146 valence electrons. The molecule has 3 rings (SSSR count). The molecule has 3 aromatic rings. The summed E-state index contributed by atoms with van der Waals surface area (Å²) in [4.78, 5) is 16.4. The molecule has 0 bridgehead atoms. The Morgan fingerprint density at radius 3 is 2.57 bits per heavy atom. The fourth-order valence-corrected chi connectivity index (χ4v) is 3.23. The molecule has 0 saturated heterocycles. The van der Waals surface area contributed by atoms with Crippen molar-refractivity contribution in [3.63, 3.8) is 0 Å². The van der Waals surface area contributed by atoms with Crippen molar-refractivity contribution in [3.05, 3.63) is 77.2 Å². The van der Waals surface area contributed by atoms with E-state index in [2.05, 4.69) is 22.0 Å². The minimum Gasteiger partial charge on any atom is -0.503 e. The fourth-order valence-electron chi connectivity index (χ4n) is 3.23. The topological polar surface area (TPSA) is 103 Å². The zero-order valence-electron chi connectivity index (χ0n) is 15.6. The average molecular weight is 379 g/mol. The lowest BCUT2D eigenvalue weighted by molar-refractivity contribution is -0.116. The van der Waals surface area contributed by atoms with Gasteiger partial charge >= 0.3 is 0 Å². The molecule has 1 aromatic heterocycles. The summed E-state index contributed by atoms with van der Waals surface area (Å²) < 4.78 is 0. The van der Waals surface area contributed by atoms with Crippen molar-refractivity contribution in [2.75, 3.05) is 19.7 Å². The van der Waals surface area contributed by atoms with Crippen LogP contribution in [0.1, 0.15) is 16.7 Å². The first-order valence-corrected chi connectivity index (χ1v) is 9.24. The van der Waals surface area contributed by atoms with Crippen molar-refractivity contribution >= 4 is 22.9 Å². The molecule has 1 heterocycles. The maximum atomic E-state index is 10.9. The Balaban J connectivity index is 1.64. The van der Waals surface area contributed by atoms with Crippen molar-refractivity contribution in [1.82, 2.24) is 9.88 Å². The van der Waals surface area contributed by atoms with Gasteiger partial charge in [0.25, 0.3) is 5.91 Å². The summed E-state index contributed by atoms with van der Waals surface area (Å²) in [5, 5.41) is 20.1. The van der Waals surface area contributed by atoms with Crippen molar-refractivity contribution in [3.8, 4) is 0 Å². The number of nitrogens with zero attached hydrogens (tertiary/aromatic N) is 1. The number of hydrogen-bond acceptors (Lipinski definition) is 4. The number of aliphatic hydroxyl groups is 2. The molecule has 0 fully saturated rings. The number of nitrogens with one attached hydrogen (secondary N) is 1. The highest BCUT2D eigenvalue weighted by atomic mass is 16.3. The van der Waals surface area contributed by atoms with Crippen LogP contribution < -0.4 is 5.73 Å². The van der Waals surface area contributed by atoms with Crippen LogP contribution in [0.4, 0.5) is 0 Å². The van der Waals surface area contributed by atoms with E-state index in [1.807, 2.05) is 42.6 Å². The van der Waals surface area contributed by atoms with Gasteiger partial charge in [-0.25, -0.2) is 0 Å². The van der Waals surface area contributed by atoms with Crippen molar-refractivity contribution in [1.29, 1.82) is 0 Å². The summed E-state index contributed by atoms with van der Waals surface area (Å²) in [7, 11) is 0. The van der Waals surface area contributed by atoms with Crippen LogP contribution in [-0.4, -0.2) is 45.7 Å². The molecule has 0 aliphatic rings. The van der Waals surface area contributed by atoms with Crippen molar-refractivity contribution < 1.29 is 15.0 Å². The third-order valence-electron chi connectivity index (χ3n) is 4.73. The summed E-state index contributed by atoms with van der Waals surface area (Å²) in [6.07, 6.45) is 4.28. The number of aromatic amines is 1. The normalized spacial score (nSPS) is 12.0. The molecule has 2 aromatic carbocycles. The Morgan fingerprint density at radius 2 is 1.86 bits per heavy atom. The number of carbonyl (C=O) groups is 1. The second kappa shape index (κ2) is 9.21. The molecule has 0 saturated carbocycles. The Labute approximate surface area is 163 Å². The van der Waals surface area contributed by atoms with E-state index >= 15 is 0 Å². The van der Waals surface area contributed by atoms with Gasteiger partial charge in [-0.15, -0.1) is 0 Å². The lowest BCUT2D eigenvalue weighted by Crippen LogP contribution is -2.28. The Bertz CT molecular complexity index is 961. The number of H-pyrrole nitrogens is 1. The molecule has 0 unspecified atom stereocenters. The first kappa shape index (κ1) is 19.7. The van der Waals surface area contributed by atoms with Gasteiger partial charge in [0.15, 0.2) is 5.76 Å². The van der Waals surface area contributed by atoms with Gasteiger partial charge in [0, 0.05) is 36.7 Å². The van der Waals surface area contributed by atoms with Crippen LogP contribution in [0.3, 0.4) is 0 Å². The van der Waals surface area contributed by atoms with E-state index in [1.165, 1.54) is 17.0 Å². The SMILES string of the molecule is NC(=O)C(O)=Cc1ccc(CN(CCO)CCc2c[nH]c3ccccc23)cc1. The number of para-hydroxylation sites is 1. The predicted octanol–water partition coefficient (Wildman–Crippen LogP) is 2.59. The number of nitrogens with two attached hydrogens (primary N) is 1. The highest BCUT2D eigenvalue weighted by molar-refractivity contribution is 5.93. The molecule has 0 aliphatic carbocycles. The standard InChI is InChI=1S/C22H25N3O3/c23-22(28)21(27)13-16-5-7-17(8-6-16)15-25(11-12-26)10-9-18-14-24-20-4-2-1-3-19(18)20/h1-8,13-14,24,26-27H,9-12,15H2,(H2,23,28). The molecule has 6 nitrogen and oxygen atoms in total. The summed E-state index contributed by atoms with van der Waals surface area (Å²) in [6, 6.07) is 15.8. The molecule has 6 heteroatoms. The molecular weight excluding hydrogens is 354 g/mol. The fraction of sp³-hybridized carbons (Fsp3) is 0.227. The van der Waals surface area contributed by atoms with Crippen LogP contribution in [0.15, 0.2) is 60.5 Å². The zero-order valence-corrected chi connectivity index (χ0v) is 15.6. The number of aliphatic hydroxyl groups excluding tert-OH is 2. The van der Waals surface area contributed by atoms with Gasteiger partial charge in [0.05, 0.1) is 6.61 Å². The second-order valence-electron chi connectivity index (χ2n) is 6.74. The van der Waals surface area contributed by atoms with Crippen LogP contribution in [0.5, 0.6) is 0 Å². The number of carbonyl (C=O) groups excluding carboxylic acids is 1. The monoisotopic (exact) mass is 379 g/mol. The molecule has 28 heavy (non-hydrogen) atoms. The number of fused-ring (bicyclic) bond motifs is 1. The Morgan fingerprint density at radius 1 is 1.11 bits per heavy atom. The van der Waals surface area contributed by atoms with Crippen LogP contribution >= 0.6 is 0 Å². The van der Waals surface area contributed by atoms with Gasteiger partial charge in [0.2, 0.25) is 0 Å². The van der Waals surface area contributed by atoms with Gasteiger partial charge in [-0.05, 0) is 35.3 Å². The van der Waals surface area contributed by atoms with Gasteiger partial charge < -0.3 is 20.9 Å². The summed E-state index contributed by atoms with van der Waals surface area (Å²) in [6.45, 7) is 2.22. The highest BCUT2D eigenvalue weighted by Crippen LogP contribution is 2.19. The molecule has 0 aliphatic heterocycles. The molecule has 0 radical (unpaired) electrons. The first-order chi connectivity index (χ1) is 13.6. The van der Waals surface area contributed by atoms with Crippen LogP contribution in [-0.2, 0) is 17.8 Å². The minimum atomic E-state index is -0.851. The zero-order chi connectivity index (χ0) is 19.9. The van der Waals surface area contributed by atoms with E-state index in [9.17, 15) is 15.0 Å². The van der Waals surface area contributed by atoms with E-state index < -0.39 is 11.7 Å². The van der Waals surface area contributed by atoms with Crippen LogP contribution in [0.25, 0.3) is 17.0 Å². The number of rotatable bonds is 9. The quantitative estimate of drug-likeness (QED) is 0.339.